The Labute approximate surface area is 209 Å². The van der Waals surface area contributed by atoms with Crippen LogP contribution in [0.4, 0.5) is 0 Å². The van der Waals surface area contributed by atoms with Crippen LogP contribution in [0.3, 0.4) is 0 Å². The number of aromatic amines is 1. The predicted octanol–water partition coefficient (Wildman–Crippen LogP) is -0.167. The number of carboxylic acids is 1. The maximum Gasteiger partial charge on any atom is 0.326 e. The molecule has 4 atom stereocenters. The van der Waals surface area contributed by atoms with Crippen LogP contribution in [0.1, 0.15) is 38.4 Å². The minimum atomic E-state index is -1.28. The summed E-state index contributed by atoms with van der Waals surface area (Å²) in [4.78, 5) is 56.7. The number of aliphatic carboxylic acids is 1. The molecule has 12 nitrogen and oxygen atoms in total. The second kappa shape index (κ2) is 13.2. The highest BCUT2D eigenvalue weighted by atomic mass is 16.4. The molecule has 0 spiro atoms. The third-order valence-electron chi connectivity index (χ3n) is 5.42. The minimum Gasteiger partial charge on any atom is -0.508 e. The number of carbonyl (C=O) groups is 4. The number of hydrogen-bond acceptors (Lipinski definition) is 7. The molecule has 0 fully saturated rings. The van der Waals surface area contributed by atoms with Crippen molar-refractivity contribution < 1.29 is 29.4 Å². The number of aromatic nitrogens is 2. The molecule has 1 aromatic carbocycles. The third kappa shape index (κ3) is 9.02. The van der Waals surface area contributed by atoms with E-state index in [-0.39, 0.29) is 24.5 Å². The number of H-pyrrole nitrogens is 1. The molecular weight excluding hydrogens is 468 g/mol. The van der Waals surface area contributed by atoms with Crippen molar-refractivity contribution >= 4 is 23.7 Å². The summed E-state index contributed by atoms with van der Waals surface area (Å²) >= 11 is 0. The number of imidazole rings is 1. The van der Waals surface area contributed by atoms with Crippen molar-refractivity contribution in [1.82, 2.24) is 25.9 Å². The standard InChI is InChI=1S/C24H34N6O6/c1-13(2)8-18(25)22(33)28-14(3)21(32)29-19(10-16-11-26-12-27-16)23(34)30-20(24(35)36)9-15-4-6-17(31)7-5-15/h4-7,11-14,18-20,31H,8-10,25H2,1-3H3,(H,26,27)(H,28,33)(H,29,32)(H,30,34)(H,35,36). The van der Waals surface area contributed by atoms with Crippen LogP contribution in [0.15, 0.2) is 36.8 Å². The molecule has 0 bridgehead atoms. The Kier molecular flexibility index (Phi) is 10.4. The summed E-state index contributed by atoms with van der Waals surface area (Å²) in [5.41, 5.74) is 7.00. The zero-order chi connectivity index (χ0) is 26.8. The number of nitrogens with one attached hydrogen (secondary N) is 4. The number of carbonyl (C=O) groups excluding carboxylic acids is 3. The van der Waals surface area contributed by atoms with Gasteiger partial charge in [-0.05, 0) is 37.0 Å². The fraction of sp³-hybridized carbons (Fsp3) is 0.458. The van der Waals surface area contributed by atoms with E-state index in [1.165, 1.54) is 31.6 Å². The van der Waals surface area contributed by atoms with Gasteiger partial charge in [-0.2, -0.15) is 0 Å². The van der Waals surface area contributed by atoms with Crippen molar-refractivity contribution in [2.75, 3.05) is 0 Å². The van der Waals surface area contributed by atoms with Gasteiger partial charge in [0, 0.05) is 24.7 Å². The number of amides is 3. The second-order valence-corrected chi connectivity index (χ2v) is 9.08. The molecule has 3 amide bonds. The topological polar surface area (TPSA) is 200 Å². The van der Waals surface area contributed by atoms with Gasteiger partial charge in [0.2, 0.25) is 17.7 Å². The summed E-state index contributed by atoms with van der Waals surface area (Å²) in [6, 6.07) is 1.74. The monoisotopic (exact) mass is 502 g/mol. The number of aromatic hydroxyl groups is 1. The average Bonchev–Trinajstić information content (AvgIpc) is 3.32. The Morgan fingerprint density at radius 3 is 2.14 bits per heavy atom. The molecule has 1 heterocycles. The SMILES string of the molecule is CC(C)CC(N)C(=O)NC(C)C(=O)NC(Cc1cnc[nH]1)C(=O)NC(Cc1ccc(O)cc1)C(=O)O. The lowest BCUT2D eigenvalue weighted by atomic mass is 10.0. The van der Waals surface area contributed by atoms with Crippen LogP contribution in [0.2, 0.25) is 0 Å². The van der Waals surface area contributed by atoms with E-state index >= 15 is 0 Å². The Bertz CT molecular complexity index is 1020. The molecular formula is C24H34N6O6. The third-order valence-corrected chi connectivity index (χ3v) is 5.42. The van der Waals surface area contributed by atoms with Crippen molar-refractivity contribution in [2.45, 2.75) is 64.2 Å². The normalized spacial score (nSPS) is 14.4. The highest BCUT2D eigenvalue weighted by molar-refractivity contribution is 5.94. The summed E-state index contributed by atoms with van der Waals surface area (Å²) in [7, 11) is 0. The fourth-order valence-electron chi connectivity index (χ4n) is 3.46. The molecule has 0 aliphatic carbocycles. The number of carboxylic acid groups (broad SMARTS) is 1. The summed E-state index contributed by atoms with van der Waals surface area (Å²) < 4.78 is 0. The lowest BCUT2D eigenvalue weighted by Crippen LogP contribution is -2.57. The van der Waals surface area contributed by atoms with Gasteiger partial charge in [0.05, 0.1) is 12.4 Å². The molecule has 36 heavy (non-hydrogen) atoms. The number of rotatable bonds is 13. The van der Waals surface area contributed by atoms with E-state index < -0.39 is 47.9 Å². The minimum absolute atomic E-state index is 0.0106. The van der Waals surface area contributed by atoms with Gasteiger partial charge in [-0.25, -0.2) is 9.78 Å². The molecule has 0 saturated heterocycles. The number of nitrogens with two attached hydrogens (primary N) is 1. The zero-order valence-corrected chi connectivity index (χ0v) is 20.5. The van der Waals surface area contributed by atoms with Crippen molar-refractivity contribution in [1.29, 1.82) is 0 Å². The molecule has 0 saturated carbocycles. The van der Waals surface area contributed by atoms with Crippen LogP contribution < -0.4 is 21.7 Å². The molecule has 2 rings (SSSR count). The molecule has 196 valence electrons. The van der Waals surface area contributed by atoms with Gasteiger partial charge in [-0.3, -0.25) is 14.4 Å². The first-order chi connectivity index (χ1) is 17.0. The van der Waals surface area contributed by atoms with E-state index in [0.717, 1.165) is 0 Å². The smallest absolute Gasteiger partial charge is 0.326 e. The van der Waals surface area contributed by atoms with Crippen LogP contribution in [0.5, 0.6) is 5.75 Å². The van der Waals surface area contributed by atoms with Gasteiger partial charge >= 0.3 is 5.97 Å². The van der Waals surface area contributed by atoms with Crippen LogP contribution in [-0.2, 0) is 32.0 Å². The Morgan fingerprint density at radius 1 is 0.944 bits per heavy atom. The summed E-state index contributed by atoms with van der Waals surface area (Å²) in [6.45, 7) is 5.31. The lowest BCUT2D eigenvalue weighted by Gasteiger charge is -2.24. The maximum atomic E-state index is 13.1. The highest BCUT2D eigenvalue weighted by Gasteiger charge is 2.29. The maximum absolute atomic E-state index is 13.1. The second-order valence-electron chi connectivity index (χ2n) is 9.08. The fourth-order valence-corrected chi connectivity index (χ4v) is 3.46. The molecule has 0 aliphatic rings. The summed E-state index contributed by atoms with van der Waals surface area (Å²) in [6.07, 6.45) is 3.31. The molecule has 12 heteroatoms. The van der Waals surface area contributed by atoms with Crippen LogP contribution >= 0.6 is 0 Å². The van der Waals surface area contributed by atoms with Crippen molar-refractivity contribution in [3.63, 3.8) is 0 Å². The number of nitrogens with zero attached hydrogens (tertiary/aromatic N) is 1. The van der Waals surface area contributed by atoms with Gasteiger partial charge in [-0.15, -0.1) is 0 Å². The molecule has 2 aromatic rings. The van der Waals surface area contributed by atoms with Gasteiger partial charge < -0.3 is 36.9 Å². The Balaban J connectivity index is 2.10. The quantitative estimate of drug-likeness (QED) is 0.196. The predicted molar refractivity (Wildman–Crippen MR) is 131 cm³/mol. The van der Waals surface area contributed by atoms with Gasteiger partial charge in [-0.1, -0.05) is 26.0 Å². The zero-order valence-electron chi connectivity index (χ0n) is 20.5. The average molecular weight is 503 g/mol. The van der Waals surface area contributed by atoms with Crippen molar-refractivity contribution in [3.05, 3.63) is 48.0 Å². The van der Waals surface area contributed by atoms with Crippen LogP contribution in [-0.4, -0.2) is 68.0 Å². The van der Waals surface area contributed by atoms with E-state index in [4.69, 9.17) is 5.73 Å². The van der Waals surface area contributed by atoms with E-state index in [1.807, 2.05) is 13.8 Å². The Hall–Kier alpha value is -3.93. The molecule has 1 aromatic heterocycles. The number of phenolic OH excluding ortho intramolecular Hbond substituents is 1. The first-order valence-corrected chi connectivity index (χ1v) is 11.6. The van der Waals surface area contributed by atoms with Gasteiger partial charge in [0.15, 0.2) is 0 Å². The largest absolute Gasteiger partial charge is 0.508 e. The van der Waals surface area contributed by atoms with E-state index in [9.17, 15) is 29.4 Å². The van der Waals surface area contributed by atoms with Crippen LogP contribution in [0.25, 0.3) is 0 Å². The highest BCUT2D eigenvalue weighted by Crippen LogP contribution is 2.12. The first-order valence-electron chi connectivity index (χ1n) is 11.6. The van der Waals surface area contributed by atoms with Gasteiger partial charge in [0.25, 0.3) is 0 Å². The Morgan fingerprint density at radius 2 is 1.58 bits per heavy atom. The number of hydrogen-bond donors (Lipinski definition) is 7. The summed E-state index contributed by atoms with van der Waals surface area (Å²) in [5, 5.41) is 26.6. The lowest BCUT2D eigenvalue weighted by molar-refractivity contribution is -0.142. The van der Waals surface area contributed by atoms with E-state index in [2.05, 4.69) is 25.9 Å². The van der Waals surface area contributed by atoms with Gasteiger partial charge in [0.1, 0.15) is 23.9 Å². The number of benzene rings is 1. The first kappa shape index (κ1) is 28.3. The molecule has 4 unspecified atom stereocenters. The van der Waals surface area contributed by atoms with Crippen molar-refractivity contribution in [2.24, 2.45) is 11.7 Å². The van der Waals surface area contributed by atoms with Crippen LogP contribution in [0, 0.1) is 5.92 Å². The molecule has 0 aliphatic heterocycles. The summed E-state index contributed by atoms with van der Waals surface area (Å²) in [5.74, 6) is -2.88. The number of phenols is 1. The van der Waals surface area contributed by atoms with Crippen molar-refractivity contribution in [3.8, 4) is 5.75 Å². The van der Waals surface area contributed by atoms with E-state index in [1.54, 1.807) is 12.1 Å². The van der Waals surface area contributed by atoms with E-state index in [0.29, 0.717) is 17.7 Å². The molecule has 0 radical (unpaired) electrons. The molecule has 8 N–H and O–H groups in total.